The van der Waals surface area contributed by atoms with Gasteiger partial charge in [0.25, 0.3) is 0 Å². The third-order valence-electron chi connectivity index (χ3n) is 7.57. The number of likely N-dealkylation sites (tertiary alicyclic amines) is 1. The first kappa shape index (κ1) is 17.6. The molecule has 27 heavy (non-hydrogen) atoms. The van der Waals surface area contributed by atoms with Gasteiger partial charge in [-0.25, -0.2) is 4.39 Å². The molecular weight excluding hydrogens is 343 g/mol. The number of halogens is 1. The van der Waals surface area contributed by atoms with Gasteiger partial charge in [-0.3, -0.25) is 9.69 Å². The summed E-state index contributed by atoms with van der Waals surface area (Å²) in [5, 5.41) is 3.20. The lowest BCUT2D eigenvalue weighted by Crippen LogP contribution is -2.43. The van der Waals surface area contributed by atoms with Crippen molar-refractivity contribution in [1.29, 1.82) is 0 Å². The van der Waals surface area contributed by atoms with Crippen LogP contribution in [0.15, 0.2) is 18.2 Å². The summed E-state index contributed by atoms with van der Waals surface area (Å²) in [7, 11) is 0. The molecule has 1 spiro atoms. The summed E-state index contributed by atoms with van der Waals surface area (Å²) in [5.41, 5.74) is 1.27. The maximum atomic E-state index is 14.4. The molecular formula is C22H29FN2O2. The van der Waals surface area contributed by atoms with Crippen LogP contribution in [0.4, 0.5) is 4.39 Å². The third-order valence-corrected chi connectivity index (χ3v) is 7.57. The number of hydrogen-bond acceptors (Lipinski definition) is 3. The molecule has 3 heterocycles. The van der Waals surface area contributed by atoms with Crippen molar-refractivity contribution in [2.24, 2.45) is 17.3 Å². The quantitative estimate of drug-likeness (QED) is 0.864. The highest BCUT2D eigenvalue weighted by Crippen LogP contribution is 2.55. The van der Waals surface area contributed by atoms with E-state index in [0.717, 1.165) is 50.9 Å². The Hall–Kier alpha value is -1.46. The van der Waals surface area contributed by atoms with Crippen molar-refractivity contribution in [2.45, 2.75) is 57.8 Å². The Morgan fingerprint density at radius 2 is 2.19 bits per heavy atom. The highest BCUT2D eigenvalue weighted by Gasteiger charge is 2.62. The molecule has 4 aliphatic rings. The first-order valence-corrected chi connectivity index (χ1v) is 10.3. The fraction of sp³-hybridized carbons (Fsp3) is 0.682. The largest absolute Gasteiger partial charge is 0.370 e. The molecule has 146 valence electrons. The number of carbonyl (C=O) groups excluding carboxylic acids is 1. The number of hydrogen-bond donors (Lipinski definition) is 1. The topological polar surface area (TPSA) is 41.6 Å². The second-order valence-electron chi connectivity index (χ2n) is 9.52. The molecule has 0 unspecified atom stereocenters. The number of nitrogens with one attached hydrogen (secondary N) is 1. The minimum atomic E-state index is -0.124. The number of aryl methyl sites for hydroxylation is 1. The molecule has 5 rings (SSSR count). The number of fused-ring (bicyclic) bond motifs is 1. The smallest absolute Gasteiger partial charge is 0.225 e. The molecule has 1 aromatic carbocycles. The Balaban J connectivity index is 1.27. The van der Waals surface area contributed by atoms with Crippen LogP contribution in [-0.4, -0.2) is 42.1 Å². The Kier molecular flexibility index (Phi) is 3.93. The molecule has 2 bridgehead atoms. The summed E-state index contributed by atoms with van der Waals surface area (Å²) in [6.07, 6.45) is 4.47. The van der Waals surface area contributed by atoms with Crippen LogP contribution in [-0.2, 0) is 16.1 Å². The van der Waals surface area contributed by atoms with Crippen molar-refractivity contribution in [3.05, 3.63) is 35.1 Å². The van der Waals surface area contributed by atoms with Gasteiger partial charge < -0.3 is 10.1 Å². The van der Waals surface area contributed by atoms with E-state index in [1.165, 1.54) is 0 Å². The van der Waals surface area contributed by atoms with E-state index in [9.17, 15) is 9.18 Å². The standard InChI is InChI=1S/C22H29FN2O2/c1-14-4-3-5-15(19(14)23)11-25-12-17-16(10-24-20(26)21(2)8-9-21)18-6-7-22(17,13-25)27-18/h3-5,16-18H,6-13H2,1-2H3,(H,24,26)/t16-,17+,18+,22+/m0/s1. The number of ether oxygens (including phenoxy) is 1. The summed E-state index contributed by atoms with van der Waals surface area (Å²) in [6, 6.07) is 5.64. The van der Waals surface area contributed by atoms with Crippen molar-refractivity contribution in [3.63, 3.8) is 0 Å². The number of rotatable bonds is 5. The van der Waals surface area contributed by atoms with Gasteiger partial charge in [-0.2, -0.15) is 0 Å². The lowest BCUT2D eigenvalue weighted by Gasteiger charge is -2.30. The van der Waals surface area contributed by atoms with E-state index in [1.54, 1.807) is 0 Å². The van der Waals surface area contributed by atoms with Crippen LogP contribution in [0.5, 0.6) is 0 Å². The molecule has 3 aliphatic heterocycles. The molecule has 0 radical (unpaired) electrons. The maximum absolute atomic E-state index is 14.4. The predicted octanol–water partition coefficient (Wildman–Crippen LogP) is 3.03. The summed E-state index contributed by atoms with van der Waals surface area (Å²) < 4.78 is 20.9. The van der Waals surface area contributed by atoms with Gasteiger partial charge in [0.1, 0.15) is 5.82 Å². The monoisotopic (exact) mass is 372 g/mol. The van der Waals surface area contributed by atoms with Gasteiger partial charge in [-0.15, -0.1) is 0 Å². The van der Waals surface area contributed by atoms with Crippen molar-refractivity contribution in [3.8, 4) is 0 Å². The van der Waals surface area contributed by atoms with Crippen LogP contribution >= 0.6 is 0 Å². The predicted molar refractivity (Wildman–Crippen MR) is 101 cm³/mol. The molecule has 5 heteroatoms. The highest BCUT2D eigenvalue weighted by molar-refractivity contribution is 5.84. The van der Waals surface area contributed by atoms with Crippen LogP contribution in [0.25, 0.3) is 0 Å². The zero-order valence-electron chi connectivity index (χ0n) is 16.3. The summed E-state index contributed by atoms with van der Waals surface area (Å²) >= 11 is 0. The Bertz CT molecular complexity index is 778. The summed E-state index contributed by atoms with van der Waals surface area (Å²) in [6.45, 7) is 7.04. The van der Waals surface area contributed by atoms with Crippen LogP contribution in [0.3, 0.4) is 0 Å². The van der Waals surface area contributed by atoms with Gasteiger partial charge in [0.2, 0.25) is 5.91 Å². The van der Waals surface area contributed by atoms with Gasteiger partial charge in [-0.1, -0.05) is 25.1 Å². The Labute approximate surface area is 160 Å². The Morgan fingerprint density at radius 3 is 2.96 bits per heavy atom. The molecule has 1 saturated carbocycles. The minimum absolute atomic E-state index is 0.0795. The molecule has 1 N–H and O–H groups in total. The molecule has 4 nitrogen and oxygen atoms in total. The fourth-order valence-electron chi connectivity index (χ4n) is 5.59. The molecule has 1 amide bonds. The van der Waals surface area contributed by atoms with Gasteiger partial charge in [0, 0.05) is 49.0 Å². The SMILES string of the molecule is Cc1cccc(CN2C[C@@H]3[C@H](CNC(=O)C4(C)CC4)[C@H]4CC[C@]3(C2)O4)c1F. The van der Waals surface area contributed by atoms with Crippen LogP contribution in [0, 0.1) is 30.0 Å². The maximum Gasteiger partial charge on any atom is 0.225 e. The first-order valence-electron chi connectivity index (χ1n) is 10.3. The number of nitrogens with zero attached hydrogens (tertiary/aromatic N) is 1. The molecule has 1 aliphatic carbocycles. The average Bonchev–Trinajstić information content (AvgIpc) is 3.01. The summed E-state index contributed by atoms with van der Waals surface area (Å²) in [5.74, 6) is 0.948. The van der Waals surface area contributed by atoms with Crippen LogP contribution in [0.2, 0.25) is 0 Å². The average molecular weight is 372 g/mol. The van der Waals surface area contributed by atoms with Crippen molar-refractivity contribution < 1.29 is 13.9 Å². The van der Waals surface area contributed by atoms with Gasteiger partial charge in [0.05, 0.1) is 11.7 Å². The van der Waals surface area contributed by atoms with Gasteiger partial charge in [0.15, 0.2) is 0 Å². The van der Waals surface area contributed by atoms with Gasteiger partial charge in [-0.05, 0) is 38.2 Å². The van der Waals surface area contributed by atoms with Crippen molar-refractivity contribution >= 4 is 5.91 Å². The molecule has 0 aromatic heterocycles. The van der Waals surface area contributed by atoms with E-state index in [1.807, 2.05) is 25.1 Å². The molecule has 3 saturated heterocycles. The van der Waals surface area contributed by atoms with E-state index in [-0.39, 0.29) is 28.8 Å². The van der Waals surface area contributed by atoms with E-state index >= 15 is 0 Å². The zero-order chi connectivity index (χ0) is 18.8. The number of amides is 1. The Morgan fingerprint density at radius 1 is 1.37 bits per heavy atom. The first-order chi connectivity index (χ1) is 12.9. The third kappa shape index (κ3) is 2.82. The van der Waals surface area contributed by atoms with Gasteiger partial charge >= 0.3 is 0 Å². The van der Waals surface area contributed by atoms with Crippen LogP contribution in [0.1, 0.15) is 43.7 Å². The van der Waals surface area contributed by atoms with Crippen LogP contribution < -0.4 is 5.32 Å². The second kappa shape index (κ2) is 6.02. The van der Waals surface area contributed by atoms with Crippen molar-refractivity contribution in [1.82, 2.24) is 10.2 Å². The van der Waals surface area contributed by atoms with E-state index < -0.39 is 0 Å². The summed E-state index contributed by atoms with van der Waals surface area (Å²) in [4.78, 5) is 14.7. The fourth-order valence-corrected chi connectivity index (χ4v) is 5.59. The minimum Gasteiger partial charge on any atom is -0.370 e. The lowest BCUT2D eigenvalue weighted by molar-refractivity contribution is -0.126. The molecule has 4 atom stereocenters. The van der Waals surface area contributed by atoms with E-state index in [4.69, 9.17) is 4.74 Å². The zero-order valence-corrected chi connectivity index (χ0v) is 16.3. The number of carbonyl (C=O) groups is 1. The van der Waals surface area contributed by atoms with E-state index in [0.29, 0.717) is 23.9 Å². The lowest BCUT2D eigenvalue weighted by atomic mass is 9.73. The second-order valence-corrected chi connectivity index (χ2v) is 9.52. The normalized spacial score (nSPS) is 36.0. The van der Waals surface area contributed by atoms with Crippen molar-refractivity contribution in [2.75, 3.05) is 19.6 Å². The molecule has 4 fully saturated rings. The highest BCUT2D eigenvalue weighted by atomic mass is 19.1. The number of benzene rings is 1. The van der Waals surface area contributed by atoms with E-state index in [2.05, 4.69) is 17.1 Å². The molecule has 1 aromatic rings.